The van der Waals surface area contributed by atoms with Crippen LogP contribution in [0.4, 0.5) is 5.82 Å². The predicted octanol–water partition coefficient (Wildman–Crippen LogP) is 5.66. The SMILES string of the molecule is Cc1cc(C)c(C)c(OCc2csc(C(=O)Nc3ccc(Br)cn3)c2)c1. The molecule has 0 aliphatic rings. The summed E-state index contributed by atoms with van der Waals surface area (Å²) < 4.78 is 6.83. The van der Waals surface area contributed by atoms with Gasteiger partial charge in [0.25, 0.3) is 5.91 Å². The van der Waals surface area contributed by atoms with Crippen LogP contribution in [-0.2, 0) is 6.61 Å². The van der Waals surface area contributed by atoms with Crippen molar-refractivity contribution in [2.45, 2.75) is 27.4 Å². The second kappa shape index (κ2) is 8.01. The van der Waals surface area contributed by atoms with Gasteiger partial charge in [0.1, 0.15) is 18.2 Å². The number of carbonyl (C=O) groups is 1. The molecule has 0 saturated heterocycles. The lowest BCUT2D eigenvalue weighted by atomic mass is 10.1. The molecule has 0 atom stereocenters. The molecule has 1 aromatic carbocycles. The number of carbonyl (C=O) groups excluding carboxylic acids is 1. The van der Waals surface area contributed by atoms with Gasteiger partial charge in [-0.25, -0.2) is 4.98 Å². The summed E-state index contributed by atoms with van der Waals surface area (Å²) in [5, 5.41) is 4.74. The topological polar surface area (TPSA) is 51.2 Å². The Labute approximate surface area is 165 Å². The van der Waals surface area contributed by atoms with Crippen molar-refractivity contribution >= 4 is 39.0 Å². The number of pyridine rings is 1. The van der Waals surface area contributed by atoms with Crippen molar-refractivity contribution < 1.29 is 9.53 Å². The van der Waals surface area contributed by atoms with Crippen LogP contribution < -0.4 is 10.1 Å². The van der Waals surface area contributed by atoms with E-state index in [2.05, 4.69) is 53.1 Å². The second-order valence-electron chi connectivity index (χ2n) is 6.13. The molecule has 1 N–H and O–H groups in total. The molecule has 6 heteroatoms. The molecular formula is C20H19BrN2O2S. The van der Waals surface area contributed by atoms with Gasteiger partial charge >= 0.3 is 0 Å². The van der Waals surface area contributed by atoms with Gasteiger partial charge in [-0.05, 0) is 83.0 Å². The third-order valence-corrected chi connectivity index (χ3v) is 5.45. The quantitative estimate of drug-likeness (QED) is 0.567. The van der Waals surface area contributed by atoms with Crippen molar-refractivity contribution in [1.29, 1.82) is 0 Å². The minimum absolute atomic E-state index is 0.168. The number of amides is 1. The molecule has 4 nitrogen and oxygen atoms in total. The molecule has 0 unspecified atom stereocenters. The maximum atomic E-state index is 12.3. The summed E-state index contributed by atoms with van der Waals surface area (Å²) >= 11 is 4.72. The van der Waals surface area contributed by atoms with Crippen molar-refractivity contribution in [3.05, 3.63) is 73.5 Å². The first kappa shape index (κ1) is 18.6. The molecule has 2 heterocycles. The van der Waals surface area contributed by atoms with Crippen molar-refractivity contribution in [2.24, 2.45) is 0 Å². The zero-order valence-corrected chi connectivity index (χ0v) is 17.2. The minimum Gasteiger partial charge on any atom is -0.489 e. The van der Waals surface area contributed by atoms with Gasteiger partial charge in [-0.1, -0.05) is 6.07 Å². The average molecular weight is 431 g/mol. The van der Waals surface area contributed by atoms with E-state index in [1.54, 1.807) is 12.3 Å². The number of ether oxygens (including phenoxy) is 1. The van der Waals surface area contributed by atoms with Gasteiger partial charge in [-0.15, -0.1) is 11.3 Å². The summed E-state index contributed by atoms with van der Waals surface area (Å²) in [5.74, 6) is 1.24. The number of rotatable bonds is 5. The Morgan fingerprint density at radius 3 is 2.77 bits per heavy atom. The lowest BCUT2D eigenvalue weighted by molar-refractivity contribution is 0.103. The van der Waals surface area contributed by atoms with E-state index in [9.17, 15) is 4.79 Å². The molecule has 0 aliphatic heterocycles. The third-order valence-electron chi connectivity index (χ3n) is 4.00. The van der Waals surface area contributed by atoms with Crippen LogP contribution in [0.1, 0.15) is 31.9 Å². The molecule has 0 saturated carbocycles. The van der Waals surface area contributed by atoms with Crippen LogP contribution in [0.15, 0.2) is 46.4 Å². The van der Waals surface area contributed by atoms with E-state index >= 15 is 0 Å². The molecule has 3 rings (SSSR count). The van der Waals surface area contributed by atoms with E-state index in [0.717, 1.165) is 21.3 Å². The van der Waals surface area contributed by atoms with Gasteiger partial charge in [0.05, 0.1) is 4.88 Å². The highest BCUT2D eigenvalue weighted by atomic mass is 79.9. The first-order valence-electron chi connectivity index (χ1n) is 8.13. The average Bonchev–Trinajstić information content (AvgIpc) is 3.08. The van der Waals surface area contributed by atoms with Gasteiger partial charge in [0.15, 0.2) is 0 Å². The lowest BCUT2D eigenvalue weighted by Crippen LogP contribution is -2.11. The van der Waals surface area contributed by atoms with Crippen molar-refractivity contribution in [3.8, 4) is 5.75 Å². The summed E-state index contributed by atoms with van der Waals surface area (Å²) in [6.07, 6.45) is 1.65. The summed E-state index contributed by atoms with van der Waals surface area (Å²) in [7, 11) is 0. The molecule has 1 amide bonds. The highest BCUT2D eigenvalue weighted by Gasteiger charge is 2.11. The molecule has 0 bridgehead atoms. The number of nitrogens with zero attached hydrogens (tertiary/aromatic N) is 1. The number of halogens is 1. The number of nitrogens with one attached hydrogen (secondary N) is 1. The molecule has 0 spiro atoms. The standard InChI is InChI=1S/C20H19BrN2O2S/c1-12-6-13(2)14(3)17(7-12)25-10-15-8-18(26-11-15)20(24)23-19-5-4-16(21)9-22-19/h4-9,11H,10H2,1-3H3,(H,22,23,24). The Balaban J connectivity index is 1.64. The van der Waals surface area contributed by atoms with Crippen LogP contribution in [-0.4, -0.2) is 10.9 Å². The van der Waals surface area contributed by atoms with Crippen LogP contribution >= 0.6 is 27.3 Å². The molecule has 0 radical (unpaired) electrons. The van der Waals surface area contributed by atoms with Crippen LogP contribution in [0.25, 0.3) is 0 Å². The van der Waals surface area contributed by atoms with E-state index < -0.39 is 0 Å². The Morgan fingerprint density at radius 1 is 1.23 bits per heavy atom. The van der Waals surface area contributed by atoms with E-state index in [4.69, 9.17) is 4.74 Å². The van der Waals surface area contributed by atoms with Gasteiger partial charge < -0.3 is 10.1 Å². The van der Waals surface area contributed by atoms with Crippen LogP contribution in [0.3, 0.4) is 0 Å². The first-order valence-corrected chi connectivity index (χ1v) is 9.80. The van der Waals surface area contributed by atoms with Crippen LogP contribution in [0, 0.1) is 20.8 Å². The predicted molar refractivity (Wildman–Crippen MR) is 109 cm³/mol. The zero-order chi connectivity index (χ0) is 18.7. The van der Waals surface area contributed by atoms with Gasteiger partial charge in [-0.2, -0.15) is 0 Å². The van der Waals surface area contributed by atoms with Crippen LogP contribution in [0.5, 0.6) is 5.75 Å². The highest BCUT2D eigenvalue weighted by Crippen LogP contribution is 2.25. The van der Waals surface area contributed by atoms with Crippen molar-refractivity contribution in [2.75, 3.05) is 5.32 Å². The molecule has 26 heavy (non-hydrogen) atoms. The summed E-state index contributed by atoms with van der Waals surface area (Å²) in [4.78, 5) is 17.1. The van der Waals surface area contributed by atoms with E-state index in [1.807, 2.05) is 23.6 Å². The van der Waals surface area contributed by atoms with E-state index in [-0.39, 0.29) is 5.91 Å². The number of anilines is 1. The molecule has 0 fully saturated rings. The van der Waals surface area contributed by atoms with E-state index in [0.29, 0.717) is 17.3 Å². The second-order valence-corrected chi connectivity index (χ2v) is 7.96. The normalized spacial score (nSPS) is 10.6. The molecule has 0 aliphatic carbocycles. The molecule has 134 valence electrons. The van der Waals surface area contributed by atoms with Crippen LogP contribution in [0.2, 0.25) is 0 Å². The summed E-state index contributed by atoms with van der Waals surface area (Å²) in [6, 6.07) is 9.63. The fraction of sp³-hybridized carbons (Fsp3) is 0.200. The Morgan fingerprint density at radius 2 is 2.04 bits per heavy atom. The number of hydrogen-bond donors (Lipinski definition) is 1. The highest BCUT2D eigenvalue weighted by molar-refractivity contribution is 9.10. The summed E-state index contributed by atoms with van der Waals surface area (Å²) in [5.41, 5.74) is 4.51. The number of thiophene rings is 1. The third kappa shape index (κ3) is 4.51. The smallest absolute Gasteiger partial charge is 0.266 e. The Kier molecular flexibility index (Phi) is 5.74. The number of benzene rings is 1. The minimum atomic E-state index is -0.168. The number of hydrogen-bond acceptors (Lipinski definition) is 4. The number of aryl methyl sites for hydroxylation is 2. The fourth-order valence-electron chi connectivity index (χ4n) is 2.51. The van der Waals surface area contributed by atoms with Crippen molar-refractivity contribution in [3.63, 3.8) is 0 Å². The van der Waals surface area contributed by atoms with Gasteiger partial charge in [0, 0.05) is 16.2 Å². The monoisotopic (exact) mass is 430 g/mol. The van der Waals surface area contributed by atoms with Gasteiger partial charge in [-0.3, -0.25) is 4.79 Å². The zero-order valence-electron chi connectivity index (χ0n) is 14.8. The maximum absolute atomic E-state index is 12.3. The first-order chi connectivity index (χ1) is 12.4. The maximum Gasteiger partial charge on any atom is 0.266 e. The lowest BCUT2D eigenvalue weighted by Gasteiger charge is -2.11. The number of aromatic nitrogens is 1. The Bertz CT molecular complexity index is 935. The molecule has 2 aromatic heterocycles. The van der Waals surface area contributed by atoms with E-state index in [1.165, 1.54) is 22.5 Å². The fourth-order valence-corrected chi connectivity index (χ4v) is 3.54. The molecular weight excluding hydrogens is 412 g/mol. The summed E-state index contributed by atoms with van der Waals surface area (Å²) in [6.45, 7) is 6.63. The Hall–Kier alpha value is -2.18. The largest absolute Gasteiger partial charge is 0.489 e. The van der Waals surface area contributed by atoms with Crippen molar-refractivity contribution in [1.82, 2.24) is 4.98 Å². The molecule has 3 aromatic rings. The van der Waals surface area contributed by atoms with Gasteiger partial charge in [0.2, 0.25) is 0 Å².